The molecule has 0 radical (unpaired) electrons. The van der Waals surface area contributed by atoms with Gasteiger partial charge < -0.3 is 10.1 Å². The molecule has 1 N–H and O–H groups in total. The number of hydrogen-bond donors (Lipinski definition) is 1. The van der Waals surface area contributed by atoms with E-state index in [0.717, 1.165) is 11.3 Å². The number of benzene rings is 2. The smallest absolute Gasteiger partial charge is 0.276 e. The molecule has 2 heterocycles. The predicted octanol–water partition coefficient (Wildman–Crippen LogP) is 4.51. The van der Waals surface area contributed by atoms with Crippen LogP contribution in [0.3, 0.4) is 0 Å². The molecule has 0 saturated carbocycles. The van der Waals surface area contributed by atoms with Gasteiger partial charge in [0.1, 0.15) is 11.9 Å². The molecule has 1 aliphatic heterocycles. The van der Waals surface area contributed by atoms with Crippen LogP contribution in [0.25, 0.3) is 0 Å². The first-order valence-electron chi connectivity index (χ1n) is 8.51. The second-order valence-electron chi connectivity index (χ2n) is 6.47. The third kappa shape index (κ3) is 3.72. The van der Waals surface area contributed by atoms with E-state index in [1.165, 1.54) is 6.07 Å². The molecule has 3 aromatic rings. The Hall–Kier alpha value is -2.70. The van der Waals surface area contributed by atoms with E-state index in [-0.39, 0.29) is 23.5 Å². The van der Waals surface area contributed by atoms with E-state index in [1.807, 2.05) is 24.3 Å². The average molecular weight is 386 g/mol. The number of nitrogens with one attached hydrogen (secondary N) is 1. The van der Waals surface area contributed by atoms with Crippen LogP contribution in [-0.4, -0.2) is 15.7 Å². The Bertz CT molecular complexity index is 1000. The summed E-state index contributed by atoms with van der Waals surface area (Å²) in [6.45, 7) is 2.53. The number of halogens is 2. The Morgan fingerprint density at radius 1 is 1.26 bits per heavy atom. The summed E-state index contributed by atoms with van der Waals surface area (Å²) in [7, 11) is 0. The Kier molecular flexibility index (Phi) is 4.68. The fraction of sp³-hybridized carbons (Fsp3) is 0.200. The maximum absolute atomic E-state index is 13.7. The molecule has 0 aliphatic carbocycles. The largest absolute Gasteiger partial charge is 0.365 e. The maximum atomic E-state index is 13.7. The summed E-state index contributed by atoms with van der Waals surface area (Å²) in [5.41, 5.74) is 3.01. The molecular formula is C20H17ClFN3O2. The highest BCUT2D eigenvalue weighted by Crippen LogP contribution is 2.27. The van der Waals surface area contributed by atoms with Crippen molar-refractivity contribution < 1.29 is 13.9 Å². The Balaban J connectivity index is 1.50. The summed E-state index contributed by atoms with van der Waals surface area (Å²) in [6.07, 6.45) is -0.156. The van der Waals surface area contributed by atoms with Crippen molar-refractivity contribution in [3.8, 4) is 0 Å². The number of ether oxygens (including phenoxy) is 1. The molecule has 1 aliphatic rings. The van der Waals surface area contributed by atoms with E-state index in [1.54, 1.807) is 29.8 Å². The number of aryl methyl sites for hydroxylation is 1. The maximum Gasteiger partial charge on any atom is 0.276 e. The molecule has 0 unspecified atom stereocenters. The van der Waals surface area contributed by atoms with Crippen LogP contribution >= 0.6 is 11.6 Å². The zero-order valence-corrected chi connectivity index (χ0v) is 15.3. The molecule has 0 fully saturated rings. The minimum Gasteiger partial charge on any atom is -0.365 e. The number of anilines is 1. The van der Waals surface area contributed by atoms with Gasteiger partial charge in [-0.2, -0.15) is 5.10 Å². The first-order valence-corrected chi connectivity index (χ1v) is 8.89. The molecule has 4 rings (SSSR count). The van der Waals surface area contributed by atoms with Crippen molar-refractivity contribution in [2.45, 2.75) is 26.2 Å². The van der Waals surface area contributed by atoms with Gasteiger partial charge in [-0.25, -0.2) is 4.39 Å². The van der Waals surface area contributed by atoms with Gasteiger partial charge >= 0.3 is 0 Å². The van der Waals surface area contributed by atoms with E-state index in [4.69, 9.17) is 16.3 Å². The van der Waals surface area contributed by atoms with Crippen molar-refractivity contribution in [3.05, 3.63) is 81.9 Å². The highest BCUT2D eigenvalue weighted by atomic mass is 35.5. The topological polar surface area (TPSA) is 56.2 Å². The van der Waals surface area contributed by atoms with Crippen LogP contribution in [0.1, 0.15) is 33.4 Å². The minimum atomic E-state index is -0.386. The van der Waals surface area contributed by atoms with E-state index >= 15 is 0 Å². The van der Waals surface area contributed by atoms with Crippen LogP contribution in [0.5, 0.6) is 0 Å². The summed E-state index contributed by atoms with van der Waals surface area (Å²) in [5, 5.41) is 7.73. The molecule has 1 atom stereocenters. The molecule has 0 spiro atoms. The molecule has 1 amide bonds. The van der Waals surface area contributed by atoms with Gasteiger partial charge in [-0.05, 0) is 48.4 Å². The average Bonchev–Trinajstić information content (AvgIpc) is 3.09. The number of nitrogens with zero attached hydrogens (tertiary/aromatic N) is 2. The Morgan fingerprint density at radius 2 is 2.04 bits per heavy atom. The number of amides is 1. The Labute approximate surface area is 160 Å². The van der Waals surface area contributed by atoms with Gasteiger partial charge in [0.25, 0.3) is 5.91 Å². The quantitative estimate of drug-likeness (QED) is 0.721. The molecule has 27 heavy (non-hydrogen) atoms. The number of aromatic nitrogens is 2. The molecule has 5 nitrogen and oxygen atoms in total. The second kappa shape index (κ2) is 7.13. The molecule has 138 valence electrons. The van der Waals surface area contributed by atoms with Crippen LogP contribution in [0.15, 0.2) is 48.5 Å². The van der Waals surface area contributed by atoms with Gasteiger partial charge in [-0.15, -0.1) is 0 Å². The molecule has 2 aromatic carbocycles. The van der Waals surface area contributed by atoms with Crippen molar-refractivity contribution in [2.24, 2.45) is 0 Å². The number of hydrogen-bond acceptors (Lipinski definition) is 3. The third-order valence-corrected chi connectivity index (χ3v) is 4.79. The van der Waals surface area contributed by atoms with Crippen LogP contribution in [-0.2, 0) is 17.9 Å². The molecule has 7 heteroatoms. The fourth-order valence-corrected chi connectivity index (χ4v) is 3.11. The van der Waals surface area contributed by atoms with E-state index < -0.39 is 0 Å². The summed E-state index contributed by atoms with van der Waals surface area (Å²) < 4.78 is 21.3. The van der Waals surface area contributed by atoms with Gasteiger partial charge in [-0.3, -0.25) is 9.48 Å². The highest BCUT2D eigenvalue weighted by molar-refractivity contribution is 6.30. The number of rotatable bonds is 3. The molecule has 0 saturated heterocycles. The minimum absolute atomic E-state index is 0.156. The van der Waals surface area contributed by atoms with Crippen LogP contribution < -0.4 is 5.32 Å². The SMILES string of the molecule is Cc1ccc(NC(=O)c2cc3n(n2)C[C@@H](c2ccc(Cl)cc2)OC3)cc1F. The monoisotopic (exact) mass is 385 g/mol. The standard InChI is InChI=1S/C20H17ClFN3O2/c1-12-2-7-15(8-17(12)22)23-20(26)18-9-16-11-27-19(10-25(16)24-18)13-3-5-14(21)6-4-13/h2-9,19H,10-11H2,1H3,(H,23,26)/t19-/m0/s1. The van der Waals surface area contributed by atoms with Crippen molar-refractivity contribution >= 4 is 23.2 Å². The van der Waals surface area contributed by atoms with Crippen LogP contribution in [0.2, 0.25) is 5.02 Å². The van der Waals surface area contributed by atoms with Crippen molar-refractivity contribution in [2.75, 3.05) is 5.32 Å². The van der Waals surface area contributed by atoms with E-state index in [2.05, 4.69) is 10.4 Å². The van der Waals surface area contributed by atoms with Gasteiger partial charge in [0, 0.05) is 10.7 Å². The third-order valence-electron chi connectivity index (χ3n) is 4.54. The number of fused-ring (bicyclic) bond motifs is 1. The second-order valence-corrected chi connectivity index (χ2v) is 6.91. The van der Waals surface area contributed by atoms with Crippen molar-refractivity contribution in [3.63, 3.8) is 0 Å². The lowest BCUT2D eigenvalue weighted by Crippen LogP contribution is -2.22. The van der Waals surface area contributed by atoms with E-state index in [9.17, 15) is 9.18 Å². The summed E-state index contributed by atoms with van der Waals surface area (Å²) >= 11 is 5.93. The normalized spacial score (nSPS) is 16.0. The van der Waals surface area contributed by atoms with Crippen molar-refractivity contribution in [1.29, 1.82) is 0 Å². The summed E-state index contributed by atoms with van der Waals surface area (Å²) in [4.78, 5) is 12.5. The summed E-state index contributed by atoms with van der Waals surface area (Å²) in [6, 6.07) is 13.7. The number of carbonyl (C=O) groups is 1. The van der Waals surface area contributed by atoms with Gasteiger partial charge in [0.15, 0.2) is 5.69 Å². The van der Waals surface area contributed by atoms with Crippen LogP contribution in [0, 0.1) is 12.7 Å². The zero-order valence-electron chi connectivity index (χ0n) is 14.6. The van der Waals surface area contributed by atoms with E-state index in [0.29, 0.717) is 29.4 Å². The molecule has 1 aromatic heterocycles. The lowest BCUT2D eigenvalue weighted by Gasteiger charge is -2.24. The lowest BCUT2D eigenvalue weighted by atomic mass is 10.1. The zero-order chi connectivity index (χ0) is 19.0. The van der Waals surface area contributed by atoms with Gasteiger partial charge in [0.05, 0.1) is 18.8 Å². The van der Waals surface area contributed by atoms with Crippen molar-refractivity contribution in [1.82, 2.24) is 9.78 Å². The van der Waals surface area contributed by atoms with Gasteiger partial charge in [0.2, 0.25) is 0 Å². The number of carbonyl (C=O) groups excluding carboxylic acids is 1. The molecule has 0 bridgehead atoms. The first kappa shape index (κ1) is 17.7. The molecular weight excluding hydrogens is 369 g/mol. The fourth-order valence-electron chi connectivity index (χ4n) is 2.98. The van der Waals surface area contributed by atoms with Crippen LogP contribution in [0.4, 0.5) is 10.1 Å². The first-order chi connectivity index (χ1) is 13.0. The highest BCUT2D eigenvalue weighted by Gasteiger charge is 2.24. The predicted molar refractivity (Wildman–Crippen MR) is 100 cm³/mol. The lowest BCUT2D eigenvalue weighted by molar-refractivity contribution is -0.00118. The summed E-state index contributed by atoms with van der Waals surface area (Å²) in [5.74, 6) is -0.751. The van der Waals surface area contributed by atoms with Gasteiger partial charge in [-0.1, -0.05) is 29.8 Å². The Morgan fingerprint density at radius 3 is 2.78 bits per heavy atom.